The van der Waals surface area contributed by atoms with Crippen LogP contribution in [-0.4, -0.2) is 4.98 Å². The number of rotatable bonds is 4. The zero-order chi connectivity index (χ0) is 13.1. The summed E-state index contributed by atoms with van der Waals surface area (Å²) >= 11 is 0. The molecule has 0 unspecified atom stereocenters. The Balaban J connectivity index is 1.90. The predicted octanol–water partition coefficient (Wildman–Crippen LogP) is 4.31. The Labute approximate surface area is 113 Å². The molecule has 2 aromatic carbocycles. The number of fused-ring (bicyclic) bond motifs is 1. The summed E-state index contributed by atoms with van der Waals surface area (Å²) in [5, 5.41) is 1.21. The molecule has 0 amide bonds. The summed E-state index contributed by atoms with van der Waals surface area (Å²) in [6, 6.07) is 16.4. The summed E-state index contributed by atoms with van der Waals surface area (Å²) < 4.78 is 5.99. The van der Waals surface area contributed by atoms with Crippen molar-refractivity contribution in [3.63, 3.8) is 0 Å². The van der Waals surface area contributed by atoms with Gasteiger partial charge in [0.1, 0.15) is 12.4 Å². The van der Waals surface area contributed by atoms with Crippen molar-refractivity contribution in [2.24, 2.45) is 0 Å². The first-order valence-electron chi connectivity index (χ1n) is 6.64. The van der Waals surface area contributed by atoms with Crippen LogP contribution in [0.3, 0.4) is 0 Å². The van der Waals surface area contributed by atoms with E-state index in [1.165, 1.54) is 16.5 Å². The van der Waals surface area contributed by atoms with Crippen LogP contribution in [0.5, 0.6) is 5.75 Å². The molecule has 3 rings (SSSR count). The van der Waals surface area contributed by atoms with Gasteiger partial charge >= 0.3 is 0 Å². The predicted molar refractivity (Wildman–Crippen MR) is 78.5 cm³/mol. The minimum atomic E-state index is 0.605. The fraction of sp³-hybridized carbons (Fsp3) is 0.176. The number of hydrogen-bond acceptors (Lipinski definition) is 1. The van der Waals surface area contributed by atoms with E-state index >= 15 is 0 Å². The number of hydrogen-bond donors (Lipinski definition) is 1. The second kappa shape index (κ2) is 5.19. The molecule has 1 aromatic heterocycles. The zero-order valence-electron chi connectivity index (χ0n) is 11.0. The Morgan fingerprint density at radius 2 is 1.84 bits per heavy atom. The zero-order valence-corrected chi connectivity index (χ0v) is 11.0. The van der Waals surface area contributed by atoms with Crippen LogP contribution in [0.15, 0.2) is 54.7 Å². The van der Waals surface area contributed by atoms with Gasteiger partial charge in [-0.1, -0.05) is 43.3 Å². The highest BCUT2D eigenvalue weighted by atomic mass is 16.5. The highest BCUT2D eigenvalue weighted by molar-refractivity contribution is 5.89. The standard InChI is InChI=1S/C17H17NO/c1-2-14-11-18-15-9-6-10-16(17(14)15)19-12-13-7-4-3-5-8-13/h3-11,18H,2,12H2,1H3. The van der Waals surface area contributed by atoms with Crippen LogP contribution in [0.4, 0.5) is 0 Å². The summed E-state index contributed by atoms with van der Waals surface area (Å²) in [6.45, 7) is 2.77. The molecule has 0 aliphatic carbocycles. The van der Waals surface area contributed by atoms with Crippen molar-refractivity contribution in [1.29, 1.82) is 0 Å². The maximum atomic E-state index is 5.99. The minimum absolute atomic E-state index is 0.605. The number of aryl methyl sites for hydroxylation is 1. The van der Waals surface area contributed by atoms with Crippen LogP contribution >= 0.6 is 0 Å². The monoisotopic (exact) mass is 251 g/mol. The number of aromatic nitrogens is 1. The smallest absolute Gasteiger partial charge is 0.129 e. The highest BCUT2D eigenvalue weighted by Crippen LogP contribution is 2.29. The van der Waals surface area contributed by atoms with Crippen LogP contribution in [-0.2, 0) is 13.0 Å². The van der Waals surface area contributed by atoms with Gasteiger partial charge in [0.2, 0.25) is 0 Å². The fourth-order valence-corrected chi connectivity index (χ4v) is 2.35. The first kappa shape index (κ1) is 11.8. The Morgan fingerprint density at radius 1 is 1.00 bits per heavy atom. The minimum Gasteiger partial charge on any atom is -0.488 e. The number of nitrogens with one attached hydrogen (secondary N) is 1. The third-order valence-electron chi connectivity index (χ3n) is 3.37. The molecule has 19 heavy (non-hydrogen) atoms. The molecule has 2 heteroatoms. The Kier molecular flexibility index (Phi) is 3.23. The SMILES string of the molecule is CCc1c[nH]c2cccc(OCc3ccccc3)c12. The molecule has 0 aliphatic heterocycles. The molecule has 0 saturated heterocycles. The first-order valence-corrected chi connectivity index (χ1v) is 6.64. The Hall–Kier alpha value is -2.22. The summed E-state index contributed by atoms with van der Waals surface area (Å²) in [6.07, 6.45) is 3.08. The number of aromatic amines is 1. The van der Waals surface area contributed by atoms with E-state index in [1.807, 2.05) is 30.3 Å². The van der Waals surface area contributed by atoms with E-state index in [9.17, 15) is 0 Å². The molecule has 0 saturated carbocycles. The van der Waals surface area contributed by atoms with Crippen molar-refractivity contribution >= 4 is 10.9 Å². The summed E-state index contributed by atoms with van der Waals surface area (Å²) in [4.78, 5) is 3.30. The molecule has 0 spiro atoms. The van der Waals surface area contributed by atoms with E-state index < -0.39 is 0 Å². The average Bonchev–Trinajstić information content (AvgIpc) is 2.90. The normalized spacial score (nSPS) is 10.8. The van der Waals surface area contributed by atoms with Crippen LogP contribution in [0.25, 0.3) is 10.9 Å². The van der Waals surface area contributed by atoms with Crippen LogP contribution < -0.4 is 4.74 Å². The van der Waals surface area contributed by atoms with Crippen molar-refractivity contribution in [2.75, 3.05) is 0 Å². The lowest BCUT2D eigenvalue weighted by Gasteiger charge is -2.08. The van der Waals surface area contributed by atoms with E-state index in [1.54, 1.807) is 0 Å². The average molecular weight is 251 g/mol. The van der Waals surface area contributed by atoms with Crippen molar-refractivity contribution in [2.45, 2.75) is 20.0 Å². The van der Waals surface area contributed by atoms with E-state index in [4.69, 9.17) is 4.74 Å². The molecule has 2 nitrogen and oxygen atoms in total. The maximum Gasteiger partial charge on any atom is 0.129 e. The van der Waals surface area contributed by atoms with Gasteiger partial charge in [-0.3, -0.25) is 0 Å². The van der Waals surface area contributed by atoms with Gasteiger partial charge in [0.25, 0.3) is 0 Å². The van der Waals surface area contributed by atoms with Crippen molar-refractivity contribution in [1.82, 2.24) is 4.98 Å². The van der Waals surface area contributed by atoms with Crippen LogP contribution in [0.2, 0.25) is 0 Å². The number of ether oxygens (including phenoxy) is 1. The first-order chi connectivity index (χ1) is 9.38. The van der Waals surface area contributed by atoms with Crippen molar-refractivity contribution < 1.29 is 4.74 Å². The molecule has 0 bridgehead atoms. The molecule has 0 aliphatic rings. The van der Waals surface area contributed by atoms with E-state index in [-0.39, 0.29) is 0 Å². The second-order valence-corrected chi connectivity index (χ2v) is 4.62. The summed E-state index contributed by atoms with van der Waals surface area (Å²) in [5.41, 5.74) is 3.63. The molecular formula is C17H17NO. The van der Waals surface area contributed by atoms with E-state index in [0.29, 0.717) is 6.61 Å². The number of H-pyrrole nitrogens is 1. The lowest BCUT2D eigenvalue weighted by Crippen LogP contribution is -1.95. The lowest BCUT2D eigenvalue weighted by atomic mass is 10.1. The second-order valence-electron chi connectivity index (χ2n) is 4.62. The molecule has 0 radical (unpaired) electrons. The van der Waals surface area contributed by atoms with Crippen LogP contribution in [0.1, 0.15) is 18.1 Å². The van der Waals surface area contributed by atoms with Gasteiger partial charge in [-0.15, -0.1) is 0 Å². The quantitative estimate of drug-likeness (QED) is 0.734. The Morgan fingerprint density at radius 3 is 2.63 bits per heavy atom. The summed E-state index contributed by atoms with van der Waals surface area (Å²) in [5.74, 6) is 0.958. The van der Waals surface area contributed by atoms with E-state index in [2.05, 4.69) is 36.3 Å². The summed E-state index contributed by atoms with van der Waals surface area (Å²) in [7, 11) is 0. The molecule has 1 N–H and O–H groups in total. The number of benzene rings is 2. The van der Waals surface area contributed by atoms with Gasteiger partial charge in [0.05, 0.1) is 0 Å². The largest absolute Gasteiger partial charge is 0.488 e. The molecular weight excluding hydrogens is 234 g/mol. The molecule has 3 aromatic rings. The third-order valence-corrected chi connectivity index (χ3v) is 3.37. The topological polar surface area (TPSA) is 25.0 Å². The molecule has 0 fully saturated rings. The van der Waals surface area contributed by atoms with Gasteiger partial charge in [-0.2, -0.15) is 0 Å². The highest BCUT2D eigenvalue weighted by Gasteiger charge is 2.08. The Bertz CT molecular complexity index is 670. The van der Waals surface area contributed by atoms with Gasteiger partial charge < -0.3 is 9.72 Å². The lowest BCUT2D eigenvalue weighted by molar-refractivity contribution is 0.310. The van der Waals surface area contributed by atoms with Gasteiger partial charge in [-0.25, -0.2) is 0 Å². The van der Waals surface area contributed by atoms with Gasteiger partial charge in [0.15, 0.2) is 0 Å². The van der Waals surface area contributed by atoms with Gasteiger partial charge in [0, 0.05) is 17.1 Å². The molecule has 0 atom stereocenters. The van der Waals surface area contributed by atoms with Crippen LogP contribution in [0, 0.1) is 0 Å². The van der Waals surface area contributed by atoms with E-state index in [0.717, 1.165) is 17.7 Å². The van der Waals surface area contributed by atoms with Crippen molar-refractivity contribution in [3.05, 3.63) is 65.9 Å². The van der Waals surface area contributed by atoms with Crippen molar-refractivity contribution in [3.8, 4) is 5.75 Å². The maximum absolute atomic E-state index is 5.99. The third kappa shape index (κ3) is 2.34. The fourth-order valence-electron chi connectivity index (χ4n) is 2.35. The molecule has 96 valence electrons. The van der Waals surface area contributed by atoms with Gasteiger partial charge in [-0.05, 0) is 29.7 Å². The molecule has 1 heterocycles.